The van der Waals surface area contributed by atoms with E-state index in [1.54, 1.807) is 0 Å². The molecule has 0 aromatic heterocycles. The summed E-state index contributed by atoms with van der Waals surface area (Å²) in [6, 6.07) is -0.418. The smallest absolute Gasteiger partial charge is 0.259 e. The van der Waals surface area contributed by atoms with Gasteiger partial charge in [0.2, 0.25) is 0 Å². The van der Waals surface area contributed by atoms with Gasteiger partial charge in [-0.05, 0) is 19.3 Å². The highest BCUT2D eigenvalue weighted by molar-refractivity contribution is 6.26. The zero-order valence-corrected chi connectivity index (χ0v) is 8.75. The molecule has 0 radical (unpaired) electrons. The van der Waals surface area contributed by atoms with Crippen LogP contribution in [0.15, 0.2) is 11.3 Å². The molecular formula is C11H15NO3. The number of carbonyl (C=O) groups excluding carboxylic acids is 2. The Bertz CT molecular complexity index is 342. The number of Topliss-reactive ketones (excluding diaryl/α,β-unsaturated/α-hetero) is 1. The lowest BCUT2D eigenvalue weighted by atomic mass is 10.0. The minimum absolute atomic E-state index is 0.0101. The van der Waals surface area contributed by atoms with Crippen LogP contribution in [-0.2, 0) is 9.59 Å². The number of aliphatic hydroxyl groups excluding tert-OH is 1. The largest absolute Gasteiger partial charge is 0.511 e. The summed E-state index contributed by atoms with van der Waals surface area (Å²) in [5.41, 5.74) is 0.0101. The molecule has 1 heterocycles. The van der Waals surface area contributed by atoms with Crippen LogP contribution in [0.1, 0.15) is 32.6 Å². The molecule has 4 heteroatoms. The first kappa shape index (κ1) is 10.2. The van der Waals surface area contributed by atoms with Gasteiger partial charge in [0.1, 0.15) is 11.3 Å². The molecule has 2 N–H and O–H groups in total. The van der Waals surface area contributed by atoms with Gasteiger partial charge in [-0.15, -0.1) is 0 Å². The van der Waals surface area contributed by atoms with Crippen molar-refractivity contribution in [2.24, 2.45) is 5.92 Å². The van der Waals surface area contributed by atoms with Gasteiger partial charge in [-0.2, -0.15) is 0 Å². The Morgan fingerprint density at radius 2 is 2.13 bits per heavy atom. The Labute approximate surface area is 88.4 Å². The third-order valence-electron chi connectivity index (χ3n) is 2.89. The molecular weight excluding hydrogens is 194 g/mol. The van der Waals surface area contributed by atoms with Crippen LogP contribution in [-0.4, -0.2) is 22.8 Å². The van der Waals surface area contributed by atoms with E-state index >= 15 is 0 Å². The molecule has 1 atom stereocenters. The second kappa shape index (κ2) is 3.68. The summed E-state index contributed by atoms with van der Waals surface area (Å²) in [6.07, 6.45) is 3.25. The molecule has 82 valence electrons. The van der Waals surface area contributed by atoms with Crippen LogP contribution in [0.2, 0.25) is 0 Å². The zero-order chi connectivity index (χ0) is 11.0. The molecule has 0 aromatic rings. The van der Waals surface area contributed by atoms with Crippen LogP contribution < -0.4 is 5.32 Å². The number of hydrogen-bond acceptors (Lipinski definition) is 3. The fraction of sp³-hybridized carbons (Fsp3) is 0.636. The van der Waals surface area contributed by atoms with E-state index in [-0.39, 0.29) is 23.0 Å². The molecule has 1 aliphatic heterocycles. The van der Waals surface area contributed by atoms with Crippen LogP contribution in [0.3, 0.4) is 0 Å². The van der Waals surface area contributed by atoms with Gasteiger partial charge in [-0.3, -0.25) is 9.59 Å². The second-order valence-electron chi connectivity index (χ2n) is 4.21. The van der Waals surface area contributed by atoms with Crippen molar-refractivity contribution < 1.29 is 14.7 Å². The van der Waals surface area contributed by atoms with E-state index in [4.69, 9.17) is 0 Å². The van der Waals surface area contributed by atoms with Crippen LogP contribution in [0.25, 0.3) is 0 Å². The maximum Gasteiger partial charge on any atom is 0.259 e. The fourth-order valence-corrected chi connectivity index (χ4v) is 1.88. The molecule has 2 fully saturated rings. The van der Waals surface area contributed by atoms with E-state index in [1.807, 2.05) is 6.92 Å². The number of carbonyl (C=O) groups is 2. The Morgan fingerprint density at radius 1 is 1.47 bits per heavy atom. The van der Waals surface area contributed by atoms with Gasteiger partial charge in [0.15, 0.2) is 5.78 Å². The van der Waals surface area contributed by atoms with Gasteiger partial charge in [0, 0.05) is 5.92 Å². The summed E-state index contributed by atoms with van der Waals surface area (Å²) >= 11 is 0. The SMILES string of the molecule is CCCC1NC(=O)C(=C(O)C2CC2)C1=O. The lowest BCUT2D eigenvalue weighted by Crippen LogP contribution is -2.28. The summed E-state index contributed by atoms with van der Waals surface area (Å²) in [6.45, 7) is 1.96. The van der Waals surface area contributed by atoms with Crippen molar-refractivity contribution in [1.82, 2.24) is 5.32 Å². The highest BCUT2D eigenvalue weighted by Crippen LogP contribution is 2.37. The van der Waals surface area contributed by atoms with Crippen LogP contribution >= 0.6 is 0 Å². The number of hydrogen-bond donors (Lipinski definition) is 2. The van der Waals surface area contributed by atoms with Crippen molar-refractivity contribution in [2.45, 2.75) is 38.6 Å². The zero-order valence-electron chi connectivity index (χ0n) is 8.75. The van der Waals surface area contributed by atoms with E-state index in [1.165, 1.54) is 0 Å². The molecule has 0 aromatic carbocycles. The molecule has 2 rings (SSSR count). The van der Waals surface area contributed by atoms with E-state index in [2.05, 4.69) is 5.32 Å². The monoisotopic (exact) mass is 209 g/mol. The van der Waals surface area contributed by atoms with Crippen molar-refractivity contribution in [1.29, 1.82) is 0 Å². The molecule has 0 spiro atoms. The molecule has 1 aliphatic carbocycles. The van der Waals surface area contributed by atoms with Gasteiger partial charge in [0.25, 0.3) is 5.91 Å². The summed E-state index contributed by atoms with van der Waals surface area (Å²) in [4.78, 5) is 23.3. The molecule has 15 heavy (non-hydrogen) atoms. The number of allylic oxidation sites excluding steroid dienone is 1. The highest BCUT2D eigenvalue weighted by Gasteiger charge is 2.41. The molecule has 4 nitrogen and oxygen atoms in total. The van der Waals surface area contributed by atoms with E-state index in [0.29, 0.717) is 6.42 Å². The van der Waals surface area contributed by atoms with E-state index in [0.717, 1.165) is 19.3 Å². The third kappa shape index (κ3) is 1.76. The normalized spacial score (nSPS) is 29.3. The average Bonchev–Trinajstić information content (AvgIpc) is 2.96. The van der Waals surface area contributed by atoms with Crippen LogP contribution in [0.4, 0.5) is 0 Å². The quantitative estimate of drug-likeness (QED) is 0.415. The predicted molar refractivity (Wildman–Crippen MR) is 54.2 cm³/mol. The van der Waals surface area contributed by atoms with E-state index < -0.39 is 11.9 Å². The van der Waals surface area contributed by atoms with E-state index in [9.17, 15) is 14.7 Å². The fourth-order valence-electron chi connectivity index (χ4n) is 1.88. The number of rotatable bonds is 3. The standard InChI is InChI=1S/C11H15NO3/c1-2-3-7-10(14)8(11(15)12-7)9(13)6-4-5-6/h6-7,13H,2-5H2,1H3,(H,12,15). The number of amides is 1. The molecule has 1 saturated heterocycles. The van der Waals surface area contributed by atoms with Crippen molar-refractivity contribution in [2.75, 3.05) is 0 Å². The molecule has 1 amide bonds. The van der Waals surface area contributed by atoms with Crippen molar-refractivity contribution in [3.05, 3.63) is 11.3 Å². The van der Waals surface area contributed by atoms with Gasteiger partial charge in [0.05, 0.1) is 6.04 Å². The Morgan fingerprint density at radius 3 is 2.67 bits per heavy atom. The minimum atomic E-state index is -0.418. The first-order valence-corrected chi connectivity index (χ1v) is 5.43. The molecule has 1 saturated carbocycles. The average molecular weight is 209 g/mol. The van der Waals surface area contributed by atoms with Gasteiger partial charge >= 0.3 is 0 Å². The molecule has 2 aliphatic rings. The Hall–Kier alpha value is -1.32. The molecule has 1 unspecified atom stereocenters. The topological polar surface area (TPSA) is 66.4 Å². The Kier molecular flexibility index (Phi) is 2.50. The lowest BCUT2D eigenvalue weighted by Gasteiger charge is -2.04. The number of aliphatic hydroxyl groups is 1. The number of ketones is 1. The second-order valence-corrected chi connectivity index (χ2v) is 4.21. The summed E-state index contributed by atoms with van der Waals surface area (Å²) in [5.74, 6) is -0.569. The highest BCUT2D eigenvalue weighted by atomic mass is 16.3. The van der Waals surface area contributed by atoms with Crippen molar-refractivity contribution in [3.63, 3.8) is 0 Å². The van der Waals surface area contributed by atoms with Crippen LogP contribution in [0.5, 0.6) is 0 Å². The summed E-state index contributed by atoms with van der Waals surface area (Å²) < 4.78 is 0. The number of nitrogens with one attached hydrogen (secondary N) is 1. The lowest BCUT2D eigenvalue weighted by molar-refractivity contribution is -0.117. The van der Waals surface area contributed by atoms with Gasteiger partial charge in [-0.25, -0.2) is 0 Å². The van der Waals surface area contributed by atoms with Gasteiger partial charge < -0.3 is 10.4 Å². The maximum atomic E-state index is 11.8. The Balaban J connectivity index is 2.22. The first-order valence-electron chi connectivity index (χ1n) is 5.43. The van der Waals surface area contributed by atoms with Gasteiger partial charge in [-0.1, -0.05) is 13.3 Å². The van der Waals surface area contributed by atoms with Crippen LogP contribution in [0, 0.1) is 5.92 Å². The minimum Gasteiger partial charge on any atom is -0.511 e. The predicted octanol–water partition coefficient (Wildman–Crippen LogP) is 1.08. The molecule has 0 bridgehead atoms. The first-order chi connectivity index (χ1) is 7.15. The third-order valence-corrected chi connectivity index (χ3v) is 2.89. The van der Waals surface area contributed by atoms with Crippen molar-refractivity contribution >= 4 is 11.7 Å². The summed E-state index contributed by atoms with van der Waals surface area (Å²) in [7, 11) is 0. The summed E-state index contributed by atoms with van der Waals surface area (Å²) in [5, 5.41) is 12.3. The maximum absolute atomic E-state index is 11.8. The van der Waals surface area contributed by atoms with Crippen molar-refractivity contribution in [3.8, 4) is 0 Å².